The first-order valence-electron chi connectivity index (χ1n) is 5.85. The first kappa shape index (κ1) is 11.1. The Morgan fingerprint density at radius 3 is 2.38 bits per heavy atom. The molecule has 86 valence electrons. The monoisotopic (exact) mass is 217 g/mol. The summed E-state index contributed by atoms with van der Waals surface area (Å²) < 4.78 is 2.18. The fourth-order valence-electron chi connectivity index (χ4n) is 1.97. The molecule has 2 aromatic rings. The van der Waals surface area contributed by atoms with Crippen molar-refractivity contribution in [2.75, 3.05) is 0 Å². The molecule has 0 aliphatic carbocycles. The number of hydrogen-bond donors (Lipinski definition) is 0. The Bertz CT molecular complexity index is 509. The van der Waals surface area contributed by atoms with Gasteiger partial charge in [0, 0.05) is 18.1 Å². The van der Waals surface area contributed by atoms with Crippen LogP contribution in [0.25, 0.3) is 5.65 Å². The maximum Gasteiger partial charge on any atom is 0.159 e. The molecular formula is C13H19N3. The van der Waals surface area contributed by atoms with Crippen LogP contribution in [-0.4, -0.2) is 14.4 Å². The number of imidazole rings is 1. The van der Waals surface area contributed by atoms with Gasteiger partial charge >= 0.3 is 0 Å². The minimum Gasteiger partial charge on any atom is -0.300 e. The highest BCUT2D eigenvalue weighted by atomic mass is 15.0. The highest BCUT2D eigenvalue weighted by Gasteiger charge is 2.14. The fraction of sp³-hybridized carbons (Fsp3) is 0.538. The van der Waals surface area contributed by atoms with Crippen molar-refractivity contribution in [1.82, 2.24) is 14.4 Å². The molecule has 0 radical (unpaired) electrons. The van der Waals surface area contributed by atoms with Gasteiger partial charge in [0.2, 0.25) is 0 Å². The van der Waals surface area contributed by atoms with Crippen molar-refractivity contribution in [2.45, 2.75) is 46.5 Å². The van der Waals surface area contributed by atoms with Crippen molar-refractivity contribution >= 4 is 5.65 Å². The third-order valence-corrected chi connectivity index (χ3v) is 2.81. The molecule has 3 heteroatoms. The standard InChI is InChI=1S/C13H19N3/c1-8(2)11-6-14-13-12(9(3)4)15-10(5)7-16(11)13/h6-9H,1-5H3. The minimum absolute atomic E-state index is 0.407. The Hall–Kier alpha value is -1.38. The van der Waals surface area contributed by atoms with E-state index in [-0.39, 0.29) is 0 Å². The van der Waals surface area contributed by atoms with Crippen molar-refractivity contribution in [3.8, 4) is 0 Å². The van der Waals surface area contributed by atoms with Gasteiger partial charge in [-0.25, -0.2) is 4.98 Å². The highest BCUT2D eigenvalue weighted by Crippen LogP contribution is 2.22. The molecule has 0 amide bonds. The lowest BCUT2D eigenvalue weighted by Gasteiger charge is -2.10. The summed E-state index contributed by atoms with van der Waals surface area (Å²) in [5, 5.41) is 0. The van der Waals surface area contributed by atoms with E-state index in [9.17, 15) is 0 Å². The number of fused-ring (bicyclic) bond motifs is 1. The van der Waals surface area contributed by atoms with Crippen LogP contribution in [0.5, 0.6) is 0 Å². The Kier molecular flexibility index (Phi) is 2.70. The molecule has 0 saturated carbocycles. The normalized spacial score (nSPS) is 11.9. The summed E-state index contributed by atoms with van der Waals surface area (Å²) in [6, 6.07) is 0. The zero-order valence-electron chi connectivity index (χ0n) is 10.7. The van der Waals surface area contributed by atoms with Gasteiger partial charge in [-0.1, -0.05) is 27.7 Å². The summed E-state index contributed by atoms with van der Waals surface area (Å²) in [6.45, 7) is 10.7. The molecule has 0 aliphatic heterocycles. The molecule has 3 nitrogen and oxygen atoms in total. The summed E-state index contributed by atoms with van der Waals surface area (Å²) >= 11 is 0. The zero-order chi connectivity index (χ0) is 11.9. The molecule has 2 heterocycles. The van der Waals surface area contributed by atoms with Crippen LogP contribution in [0, 0.1) is 6.92 Å². The summed E-state index contributed by atoms with van der Waals surface area (Å²) in [4.78, 5) is 9.09. The number of aromatic nitrogens is 3. The van der Waals surface area contributed by atoms with Gasteiger partial charge in [0.05, 0.1) is 11.4 Å². The van der Waals surface area contributed by atoms with Gasteiger partial charge < -0.3 is 4.40 Å². The van der Waals surface area contributed by atoms with Crippen LogP contribution in [0.3, 0.4) is 0 Å². The van der Waals surface area contributed by atoms with Crippen molar-refractivity contribution in [3.05, 3.63) is 29.5 Å². The van der Waals surface area contributed by atoms with Crippen molar-refractivity contribution in [3.63, 3.8) is 0 Å². The van der Waals surface area contributed by atoms with Crippen LogP contribution in [0.2, 0.25) is 0 Å². The average Bonchev–Trinajstić information content (AvgIpc) is 2.59. The van der Waals surface area contributed by atoms with Crippen LogP contribution >= 0.6 is 0 Å². The maximum absolute atomic E-state index is 4.59. The fourth-order valence-corrected chi connectivity index (χ4v) is 1.97. The van der Waals surface area contributed by atoms with Gasteiger partial charge in [-0.3, -0.25) is 4.98 Å². The van der Waals surface area contributed by atoms with Crippen molar-refractivity contribution in [2.24, 2.45) is 0 Å². The molecule has 0 atom stereocenters. The second kappa shape index (κ2) is 3.89. The second-order valence-electron chi connectivity index (χ2n) is 4.95. The van der Waals surface area contributed by atoms with Crippen LogP contribution in [0.1, 0.15) is 56.6 Å². The molecule has 0 unspecified atom stereocenters. The Balaban J connectivity index is 2.75. The lowest BCUT2D eigenvalue weighted by Crippen LogP contribution is -2.03. The summed E-state index contributed by atoms with van der Waals surface area (Å²) in [5.41, 5.74) is 4.40. The molecular weight excluding hydrogens is 198 g/mol. The van der Waals surface area contributed by atoms with Crippen molar-refractivity contribution in [1.29, 1.82) is 0 Å². The maximum atomic E-state index is 4.59. The molecule has 0 spiro atoms. The third kappa shape index (κ3) is 1.70. The first-order chi connectivity index (χ1) is 7.50. The van der Waals surface area contributed by atoms with Gasteiger partial charge in [-0.05, 0) is 18.8 Å². The molecule has 2 rings (SSSR count). The largest absolute Gasteiger partial charge is 0.300 e. The number of rotatable bonds is 2. The van der Waals surface area contributed by atoms with E-state index in [4.69, 9.17) is 0 Å². The van der Waals surface area contributed by atoms with E-state index >= 15 is 0 Å². The van der Waals surface area contributed by atoms with Gasteiger partial charge in [0.15, 0.2) is 5.65 Å². The van der Waals surface area contributed by atoms with E-state index in [1.165, 1.54) is 5.69 Å². The minimum atomic E-state index is 0.407. The average molecular weight is 217 g/mol. The van der Waals surface area contributed by atoms with Gasteiger partial charge in [0.25, 0.3) is 0 Å². The second-order valence-corrected chi connectivity index (χ2v) is 4.95. The summed E-state index contributed by atoms with van der Waals surface area (Å²) in [6.07, 6.45) is 4.04. The third-order valence-electron chi connectivity index (χ3n) is 2.81. The van der Waals surface area contributed by atoms with Crippen LogP contribution in [0.4, 0.5) is 0 Å². The first-order valence-corrected chi connectivity index (χ1v) is 5.85. The molecule has 0 bridgehead atoms. The Morgan fingerprint density at radius 2 is 1.81 bits per heavy atom. The van der Waals surface area contributed by atoms with E-state index in [1.807, 2.05) is 13.1 Å². The molecule has 16 heavy (non-hydrogen) atoms. The van der Waals surface area contributed by atoms with Crippen LogP contribution in [-0.2, 0) is 0 Å². The summed E-state index contributed by atoms with van der Waals surface area (Å²) in [5.74, 6) is 0.890. The van der Waals surface area contributed by atoms with E-state index in [0.717, 1.165) is 17.0 Å². The SMILES string of the molecule is Cc1cn2c(C(C)C)cnc2c(C(C)C)n1. The van der Waals surface area contributed by atoms with Crippen molar-refractivity contribution < 1.29 is 0 Å². The van der Waals surface area contributed by atoms with Crippen LogP contribution < -0.4 is 0 Å². The van der Waals surface area contributed by atoms with E-state index in [2.05, 4.69) is 48.3 Å². The Morgan fingerprint density at radius 1 is 1.12 bits per heavy atom. The number of aryl methyl sites for hydroxylation is 1. The van der Waals surface area contributed by atoms with Gasteiger partial charge in [-0.2, -0.15) is 0 Å². The molecule has 0 fully saturated rings. The Labute approximate surface area is 96.5 Å². The molecule has 0 aromatic carbocycles. The van der Waals surface area contributed by atoms with Gasteiger partial charge in [-0.15, -0.1) is 0 Å². The summed E-state index contributed by atoms with van der Waals surface area (Å²) in [7, 11) is 0. The number of hydrogen-bond acceptors (Lipinski definition) is 2. The molecule has 2 aromatic heterocycles. The highest BCUT2D eigenvalue weighted by molar-refractivity contribution is 5.48. The van der Waals surface area contributed by atoms with Gasteiger partial charge in [0.1, 0.15) is 0 Å². The molecule has 0 aliphatic rings. The van der Waals surface area contributed by atoms with Crippen LogP contribution in [0.15, 0.2) is 12.4 Å². The number of nitrogens with zero attached hydrogens (tertiary/aromatic N) is 3. The molecule has 0 saturated heterocycles. The van der Waals surface area contributed by atoms with E-state index in [1.54, 1.807) is 0 Å². The lowest BCUT2D eigenvalue weighted by atomic mass is 10.1. The zero-order valence-corrected chi connectivity index (χ0v) is 10.7. The quantitative estimate of drug-likeness (QED) is 0.772. The molecule has 0 N–H and O–H groups in total. The smallest absolute Gasteiger partial charge is 0.159 e. The lowest BCUT2D eigenvalue weighted by molar-refractivity contribution is 0.778. The predicted molar refractivity (Wildman–Crippen MR) is 65.9 cm³/mol. The predicted octanol–water partition coefficient (Wildman–Crippen LogP) is 3.28. The van der Waals surface area contributed by atoms with E-state index < -0.39 is 0 Å². The van der Waals surface area contributed by atoms with E-state index in [0.29, 0.717) is 11.8 Å². The topological polar surface area (TPSA) is 30.2 Å².